The smallest absolute Gasteiger partial charge is 0.253 e. The Labute approximate surface area is 120 Å². The third kappa shape index (κ3) is 2.55. The van der Waals surface area contributed by atoms with Crippen molar-refractivity contribution in [1.29, 1.82) is 0 Å². The van der Waals surface area contributed by atoms with Crippen LogP contribution in [0.4, 0.5) is 0 Å². The number of carbonyl (C=O) groups is 2. The molecule has 0 aromatic heterocycles. The quantitative estimate of drug-likeness (QED) is 0.852. The first-order valence-corrected chi connectivity index (χ1v) is 6.94. The average Bonchev–Trinajstić information content (AvgIpc) is 2.48. The molecule has 1 aliphatic rings. The third-order valence-corrected chi connectivity index (χ3v) is 3.79. The van der Waals surface area contributed by atoms with Gasteiger partial charge in [0.2, 0.25) is 5.91 Å². The van der Waals surface area contributed by atoms with Crippen LogP contribution >= 0.6 is 0 Å². The standard InChI is InChI=1S/C16H22N2O2/c1-15(2,3)18-11-10-13(19)17-16(4,14(18)20)12-8-6-5-7-9-12/h5-9H,10-11H2,1-4H3,(H,17,19). The zero-order chi connectivity index (χ0) is 15.0. The van der Waals surface area contributed by atoms with E-state index < -0.39 is 5.54 Å². The maximum atomic E-state index is 13.0. The summed E-state index contributed by atoms with van der Waals surface area (Å²) in [7, 11) is 0. The third-order valence-electron chi connectivity index (χ3n) is 3.79. The highest BCUT2D eigenvalue weighted by Crippen LogP contribution is 2.29. The molecule has 1 aromatic rings. The van der Waals surface area contributed by atoms with Gasteiger partial charge >= 0.3 is 0 Å². The summed E-state index contributed by atoms with van der Waals surface area (Å²) in [6.07, 6.45) is 0.339. The zero-order valence-electron chi connectivity index (χ0n) is 12.6. The fraction of sp³-hybridized carbons (Fsp3) is 0.500. The normalized spacial score (nSPS) is 24.3. The molecule has 2 amide bonds. The highest BCUT2D eigenvalue weighted by molar-refractivity contribution is 5.94. The van der Waals surface area contributed by atoms with Crippen molar-refractivity contribution in [1.82, 2.24) is 10.2 Å². The van der Waals surface area contributed by atoms with Crippen molar-refractivity contribution in [3.05, 3.63) is 35.9 Å². The van der Waals surface area contributed by atoms with Gasteiger partial charge in [-0.25, -0.2) is 0 Å². The van der Waals surface area contributed by atoms with Crippen molar-refractivity contribution in [3.63, 3.8) is 0 Å². The minimum Gasteiger partial charge on any atom is -0.338 e. The average molecular weight is 274 g/mol. The second kappa shape index (κ2) is 4.93. The summed E-state index contributed by atoms with van der Waals surface area (Å²) in [6.45, 7) is 8.22. The fourth-order valence-electron chi connectivity index (χ4n) is 2.59. The minimum atomic E-state index is -0.998. The topological polar surface area (TPSA) is 49.4 Å². The number of rotatable bonds is 1. The van der Waals surface area contributed by atoms with Gasteiger partial charge in [-0.15, -0.1) is 0 Å². The number of carbonyl (C=O) groups excluding carboxylic acids is 2. The first-order valence-electron chi connectivity index (χ1n) is 6.94. The van der Waals surface area contributed by atoms with Gasteiger partial charge in [0.15, 0.2) is 0 Å². The fourth-order valence-corrected chi connectivity index (χ4v) is 2.59. The first-order chi connectivity index (χ1) is 9.25. The molecule has 20 heavy (non-hydrogen) atoms. The second-order valence-corrected chi connectivity index (χ2v) is 6.42. The van der Waals surface area contributed by atoms with Crippen LogP contribution < -0.4 is 5.32 Å². The summed E-state index contributed by atoms with van der Waals surface area (Å²) in [4.78, 5) is 26.8. The van der Waals surface area contributed by atoms with Gasteiger partial charge in [0.1, 0.15) is 5.54 Å². The number of benzene rings is 1. The van der Waals surface area contributed by atoms with Crippen molar-refractivity contribution in [2.45, 2.75) is 45.2 Å². The molecule has 1 aliphatic heterocycles. The lowest BCUT2D eigenvalue weighted by molar-refractivity contribution is -0.142. The molecule has 4 nitrogen and oxygen atoms in total. The summed E-state index contributed by atoms with van der Waals surface area (Å²) in [6, 6.07) is 9.42. The van der Waals surface area contributed by atoms with Crippen LogP contribution in [0.25, 0.3) is 0 Å². The molecular formula is C16H22N2O2. The monoisotopic (exact) mass is 274 g/mol. The Morgan fingerprint density at radius 3 is 2.30 bits per heavy atom. The summed E-state index contributed by atoms with van der Waals surface area (Å²) >= 11 is 0. The highest BCUT2D eigenvalue weighted by atomic mass is 16.2. The van der Waals surface area contributed by atoms with Gasteiger partial charge in [-0.3, -0.25) is 9.59 Å². The van der Waals surface area contributed by atoms with E-state index in [0.29, 0.717) is 13.0 Å². The molecular weight excluding hydrogens is 252 g/mol. The zero-order valence-corrected chi connectivity index (χ0v) is 12.6. The maximum absolute atomic E-state index is 13.0. The molecule has 4 heteroatoms. The molecule has 0 spiro atoms. The van der Waals surface area contributed by atoms with Crippen LogP contribution in [-0.4, -0.2) is 28.8 Å². The molecule has 1 heterocycles. The molecule has 0 bridgehead atoms. The predicted molar refractivity (Wildman–Crippen MR) is 78.0 cm³/mol. The van der Waals surface area contributed by atoms with Gasteiger partial charge in [0.25, 0.3) is 5.91 Å². The first kappa shape index (κ1) is 14.6. The molecule has 2 rings (SSSR count). The maximum Gasteiger partial charge on any atom is 0.253 e. The van der Waals surface area contributed by atoms with Gasteiger partial charge in [-0.2, -0.15) is 0 Å². The summed E-state index contributed by atoms with van der Waals surface area (Å²) in [5.74, 6) is -0.140. The molecule has 1 atom stereocenters. The van der Waals surface area contributed by atoms with Crippen LogP contribution in [0, 0.1) is 0 Å². The lowest BCUT2D eigenvalue weighted by Crippen LogP contribution is -2.56. The van der Waals surface area contributed by atoms with E-state index in [1.807, 2.05) is 51.1 Å². The molecule has 1 fully saturated rings. The van der Waals surface area contributed by atoms with Crippen LogP contribution in [0.5, 0.6) is 0 Å². The number of hydrogen-bond acceptors (Lipinski definition) is 2. The Bertz CT molecular complexity index is 519. The lowest BCUT2D eigenvalue weighted by Gasteiger charge is -2.39. The largest absolute Gasteiger partial charge is 0.338 e. The molecule has 0 radical (unpaired) electrons. The van der Waals surface area contributed by atoms with E-state index in [0.717, 1.165) is 5.56 Å². The lowest BCUT2D eigenvalue weighted by atomic mass is 9.89. The van der Waals surface area contributed by atoms with Crippen molar-refractivity contribution < 1.29 is 9.59 Å². The van der Waals surface area contributed by atoms with Crippen LogP contribution in [0.2, 0.25) is 0 Å². The molecule has 1 N–H and O–H groups in total. The van der Waals surface area contributed by atoms with Crippen molar-refractivity contribution >= 4 is 11.8 Å². The molecule has 108 valence electrons. The van der Waals surface area contributed by atoms with Crippen LogP contribution in [0.15, 0.2) is 30.3 Å². The van der Waals surface area contributed by atoms with Crippen molar-refractivity contribution in [2.75, 3.05) is 6.54 Å². The number of nitrogens with zero attached hydrogens (tertiary/aromatic N) is 1. The molecule has 1 saturated heterocycles. The summed E-state index contributed by atoms with van der Waals surface area (Å²) in [5.41, 5.74) is -0.490. The molecule has 0 saturated carbocycles. The van der Waals surface area contributed by atoms with Crippen LogP contribution in [-0.2, 0) is 15.1 Å². The summed E-state index contributed by atoms with van der Waals surface area (Å²) < 4.78 is 0. The predicted octanol–water partition coefficient (Wildman–Crippen LogP) is 2.05. The van der Waals surface area contributed by atoms with Gasteiger partial charge in [-0.1, -0.05) is 30.3 Å². The minimum absolute atomic E-state index is 0.0537. The van der Waals surface area contributed by atoms with E-state index in [2.05, 4.69) is 5.32 Å². The Morgan fingerprint density at radius 2 is 1.75 bits per heavy atom. The summed E-state index contributed by atoms with van der Waals surface area (Å²) in [5, 5.41) is 2.89. The Hall–Kier alpha value is -1.84. The van der Waals surface area contributed by atoms with Crippen LogP contribution in [0.3, 0.4) is 0 Å². The molecule has 1 unspecified atom stereocenters. The van der Waals surface area contributed by atoms with Gasteiger partial charge < -0.3 is 10.2 Å². The van der Waals surface area contributed by atoms with E-state index in [-0.39, 0.29) is 17.4 Å². The van der Waals surface area contributed by atoms with E-state index in [4.69, 9.17) is 0 Å². The van der Waals surface area contributed by atoms with E-state index in [1.165, 1.54) is 0 Å². The number of amides is 2. The van der Waals surface area contributed by atoms with Crippen molar-refractivity contribution in [3.8, 4) is 0 Å². The van der Waals surface area contributed by atoms with Gasteiger partial charge in [0, 0.05) is 18.5 Å². The Balaban J connectivity index is 2.49. The van der Waals surface area contributed by atoms with E-state index in [9.17, 15) is 9.59 Å². The van der Waals surface area contributed by atoms with Crippen molar-refractivity contribution in [2.24, 2.45) is 0 Å². The van der Waals surface area contributed by atoms with E-state index >= 15 is 0 Å². The van der Waals surface area contributed by atoms with E-state index in [1.54, 1.807) is 11.8 Å². The second-order valence-electron chi connectivity index (χ2n) is 6.42. The van der Waals surface area contributed by atoms with Crippen LogP contribution in [0.1, 0.15) is 39.7 Å². The Kier molecular flexibility index (Phi) is 3.59. The van der Waals surface area contributed by atoms with Gasteiger partial charge in [-0.05, 0) is 33.3 Å². The molecule has 0 aliphatic carbocycles. The SMILES string of the molecule is CC1(c2ccccc2)NC(=O)CCN(C(C)(C)C)C1=O. The number of nitrogens with one attached hydrogen (secondary N) is 1. The molecule has 1 aromatic carbocycles. The highest BCUT2D eigenvalue weighted by Gasteiger charge is 2.44. The number of hydrogen-bond donors (Lipinski definition) is 1. The van der Waals surface area contributed by atoms with Gasteiger partial charge in [0.05, 0.1) is 0 Å². The Morgan fingerprint density at radius 1 is 1.15 bits per heavy atom.